The van der Waals surface area contributed by atoms with E-state index in [9.17, 15) is 20.1 Å². The Balaban J connectivity index is 1.44. The molecule has 12 nitrogen and oxygen atoms in total. The molecule has 0 saturated carbocycles. The molecule has 2 aliphatic rings. The number of nitrogens with zero attached hydrogens (tertiary/aromatic N) is 3. The van der Waals surface area contributed by atoms with Crippen LogP contribution in [0.1, 0.15) is 62.1 Å². The number of ether oxygens (including phenoxy) is 7. The summed E-state index contributed by atoms with van der Waals surface area (Å²) in [7, 11) is 0. The zero-order chi connectivity index (χ0) is 38.0. The smallest absolute Gasteiger partial charge is 0.186 e. The average molecular weight is 752 g/mol. The molecule has 0 bridgehead atoms. The van der Waals surface area contributed by atoms with Crippen molar-refractivity contribution in [3.63, 3.8) is 0 Å². The predicted molar refractivity (Wildman–Crippen MR) is 199 cm³/mol. The number of alkyl halides is 1. The third-order valence-corrected chi connectivity index (χ3v) is 9.66. The van der Waals surface area contributed by atoms with Crippen molar-refractivity contribution in [2.45, 2.75) is 127 Å². The molecule has 0 unspecified atom stereocenters. The number of halogens is 1. The lowest BCUT2D eigenvalue weighted by molar-refractivity contribution is -0.337. The Morgan fingerprint density at radius 1 is 0.630 bits per heavy atom. The van der Waals surface area contributed by atoms with Gasteiger partial charge in [-0.15, -0.1) is 0 Å². The number of hydrogen-bond acceptors (Lipinski definition) is 10. The van der Waals surface area contributed by atoms with Crippen LogP contribution in [0.3, 0.4) is 0 Å². The summed E-state index contributed by atoms with van der Waals surface area (Å²) >= 11 is 0. The molecule has 0 radical (unpaired) electrons. The number of benzene rings is 3. The fraction of sp³-hybridized carbons (Fsp3) is 0.561. The van der Waals surface area contributed by atoms with Gasteiger partial charge in [0.2, 0.25) is 0 Å². The summed E-state index contributed by atoms with van der Waals surface area (Å²) in [5.74, 6) is 0. The van der Waals surface area contributed by atoms with Crippen LogP contribution in [0, 0.1) is 0 Å². The standard InChI is InChI=1S/C41H54FN3O9/c1-2-3-4-5-6-16-23-48-41-39(51-27-31-21-14-9-15-22-31)38(50-26-30-19-12-8-13-20-30)37(49-25-29-17-10-7-11-18-29)33(54-41)28-52-40-34(44-45-43)36(47)35(46)32(24-42)53-40/h7-15,17-22,32-41,46-47H,2-6,16,23-28H2,1H3/t32-,33-,34+,35-,36-,37-,38+,39+,40+,41+/m1/s1. The van der Waals surface area contributed by atoms with E-state index in [1.54, 1.807) is 0 Å². The van der Waals surface area contributed by atoms with Crippen molar-refractivity contribution in [2.24, 2.45) is 5.11 Å². The maximum Gasteiger partial charge on any atom is 0.186 e. The van der Waals surface area contributed by atoms with E-state index in [-0.39, 0.29) is 26.4 Å². The van der Waals surface area contributed by atoms with Crippen LogP contribution in [0.2, 0.25) is 0 Å². The van der Waals surface area contributed by atoms with Gasteiger partial charge in [0, 0.05) is 11.5 Å². The Morgan fingerprint density at radius 3 is 1.70 bits per heavy atom. The molecule has 0 spiro atoms. The molecule has 0 amide bonds. The fourth-order valence-corrected chi connectivity index (χ4v) is 6.65. The number of aliphatic hydroxyl groups excluding tert-OH is 2. The summed E-state index contributed by atoms with van der Waals surface area (Å²) in [5.41, 5.74) is 12.1. The highest BCUT2D eigenvalue weighted by atomic mass is 19.1. The van der Waals surface area contributed by atoms with Gasteiger partial charge in [-0.3, -0.25) is 0 Å². The highest BCUT2D eigenvalue weighted by Crippen LogP contribution is 2.33. The molecule has 3 aromatic rings. The molecule has 2 heterocycles. The van der Waals surface area contributed by atoms with Crippen LogP contribution in [0.15, 0.2) is 96.1 Å². The van der Waals surface area contributed by atoms with E-state index < -0.39 is 68.0 Å². The van der Waals surface area contributed by atoms with Crippen LogP contribution in [0.4, 0.5) is 4.39 Å². The Kier molecular flexibility index (Phi) is 17.6. The number of unbranched alkanes of at least 4 members (excludes halogenated alkanes) is 5. The van der Waals surface area contributed by atoms with Crippen LogP contribution in [-0.2, 0) is 53.0 Å². The molecule has 3 aromatic carbocycles. The predicted octanol–water partition coefficient (Wildman–Crippen LogP) is 6.96. The molecule has 0 aliphatic carbocycles. The van der Waals surface area contributed by atoms with Crippen molar-refractivity contribution in [1.29, 1.82) is 0 Å². The highest BCUT2D eigenvalue weighted by molar-refractivity contribution is 5.16. The first-order valence-corrected chi connectivity index (χ1v) is 19.0. The first-order chi connectivity index (χ1) is 26.5. The van der Waals surface area contributed by atoms with Crippen LogP contribution >= 0.6 is 0 Å². The molecule has 13 heteroatoms. The highest BCUT2D eigenvalue weighted by Gasteiger charge is 2.50. The van der Waals surface area contributed by atoms with Crippen LogP contribution < -0.4 is 0 Å². The summed E-state index contributed by atoms with van der Waals surface area (Å²) in [6.07, 6.45) is -3.56. The molecule has 5 rings (SSSR count). The second-order valence-electron chi connectivity index (χ2n) is 13.7. The maximum atomic E-state index is 13.9. The topological polar surface area (TPSA) is 154 Å². The molecule has 10 atom stereocenters. The summed E-state index contributed by atoms with van der Waals surface area (Å²) in [6.45, 7) is 2.02. The zero-order valence-corrected chi connectivity index (χ0v) is 30.9. The zero-order valence-electron chi connectivity index (χ0n) is 30.9. The van der Waals surface area contributed by atoms with Gasteiger partial charge in [-0.2, -0.15) is 0 Å². The van der Waals surface area contributed by atoms with Gasteiger partial charge in [-0.05, 0) is 28.6 Å². The lowest BCUT2D eigenvalue weighted by Crippen LogP contribution is -2.63. The third kappa shape index (κ3) is 12.3. The SMILES string of the molecule is CCCCCCCCO[C@H]1O[C@H](CO[C@H]2O[C@H](CF)[C@@H](O)[C@H](O)[C@@H]2N=[N+]=[N-])[C@@H](OCc2ccccc2)[C@H](OCc2ccccc2)[C@@H]1OCc1ccccc1. The van der Waals surface area contributed by atoms with Crippen LogP contribution in [0.5, 0.6) is 0 Å². The average Bonchev–Trinajstić information content (AvgIpc) is 3.21. The van der Waals surface area contributed by atoms with Gasteiger partial charge in [0.05, 0.1) is 32.5 Å². The molecule has 294 valence electrons. The molecule has 2 aliphatic heterocycles. The first-order valence-electron chi connectivity index (χ1n) is 19.0. The van der Waals surface area contributed by atoms with E-state index in [1.807, 2.05) is 91.0 Å². The van der Waals surface area contributed by atoms with Gasteiger partial charge in [0.1, 0.15) is 49.3 Å². The Bertz CT molecular complexity index is 1510. The summed E-state index contributed by atoms with van der Waals surface area (Å²) in [5, 5.41) is 24.7. The molecule has 2 fully saturated rings. The van der Waals surface area contributed by atoms with E-state index in [0.717, 1.165) is 42.4 Å². The van der Waals surface area contributed by atoms with Crippen molar-refractivity contribution in [2.75, 3.05) is 19.9 Å². The summed E-state index contributed by atoms with van der Waals surface area (Å²) in [6, 6.07) is 27.9. The van der Waals surface area contributed by atoms with E-state index in [4.69, 9.17) is 33.2 Å². The van der Waals surface area contributed by atoms with Crippen molar-refractivity contribution in [3.05, 3.63) is 118 Å². The molecule has 2 N–H and O–H groups in total. The molecule has 54 heavy (non-hydrogen) atoms. The number of hydrogen-bond donors (Lipinski definition) is 2. The first kappa shape index (κ1) is 41.7. The molecular formula is C41H54FN3O9. The third-order valence-electron chi connectivity index (χ3n) is 9.66. The number of aliphatic hydroxyl groups is 2. The monoisotopic (exact) mass is 751 g/mol. The summed E-state index contributed by atoms with van der Waals surface area (Å²) < 4.78 is 58.9. The van der Waals surface area contributed by atoms with Gasteiger partial charge in [0.25, 0.3) is 0 Å². The van der Waals surface area contributed by atoms with Crippen molar-refractivity contribution in [3.8, 4) is 0 Å². The Labute approximate surface area is 317 Å². The summed E-state index contributed by atoms with van der Waals surface area (Å²) in [4.78, 5) is 2.80. The van der Waals surface area contributed by atoms with Gasteiger partial charge in [-0.1, -0.05) is 135 Å². The lowest BCUT2D eigenvalue weighted by atomic mass is 9.97. The quantitative estimate of drug-likeness (QED) is 0.0480. The minimum atomic E-state index is -1.62. The van der Waals surface area contributed by atoms with E-state index in [1.165, 1.54) is 12.8 Å². The molecular weight excluding hydrogens is 697 g/mol. The largest absolute Gasteiger partial charge is 0.390 e. The number of rotatable bonds is 22. The Morgan fingerprint density at radius 2 is 1.15 bits per heavy atom. The Hall–Kier alpha value is -3.46. The fourth-order valence-electron chi connectivity index (χ4n) is 6.65. The lowest BCUT2D eigenvalue weighted by Gasteiger charge is -2.46. The second kappa shape index (κ2) is 22.8. The van der Waals surface area contributed by atoms with Crippen molar-refractivity contribution >= 4 is 0 Å². The normalized spacial score (nSPS) is 28.4. The minimum Gasteiger partial charge on any atom is -0.390 e. The van der Waals surface area contributed by atoms with Gasteiger partial charge < -0.3 is 43.4 Å². The maximum absolute atomic E-state index is 13.9. The van der Waals surface area contributed by atoms with Gasteiger partial charge in [-0.25, -0.2) is 4.39 Å². The van der Waals surface area contributed by atoms with Crippen molar-refractivity contribution < 1.29 is 47.8 Å². The van der Waals surface area contributed by atoms with Crippen LogP contribution in [-0.4, -0.2) is 91.5 Å². The van der Waals surface area contributed by atoms with E-state index in [0.29, 0.717) is 6.61 Å². The van der Waals surface area contributed by atoms with Crippen LogP contribution in [0.25, 0.3) is 10.4 Å². The van der Waals surface area contributed by atoms with Gasteiger partial charge >= 0.3 is 0 Å². The van der Waals surface area contributed by atoms with E-state index in [2.05, 4.69) is 16.9 Å². The minimum absolute atomic E-state index is 0.210. The molecule has 0 aromatic heterocycles. The van der Waals surface area contributed by atoms with Gasteiger partial charge in [0.15, 0.2) is 12.6 Å². The molecule has 2 saturated heterocycles. The van der Waals surface area contributed by atoms with E-state index >= 15 is 0 Å². The van der Waals surface area contributed by atoms with Crippen molar-refractivity contribution in [1.82, 2.24) is 0 Å². The second-order valence-corrected chi connectivity index (χ2v) is 13.7. The number of azide groups is 1.